The van der Waals surface area contributed by atoms with Gasteiger partial charge in [0.15, 0.2) is 0 Å². The first kappa shape index (κ1) is 17.4. The average Bonchev–Trinajstić information content (AvgIpc) is 2.63. The second-order valence-electron chi connectivity index (χ2n) is 4.72. The monoisotopic (exact) mass is 388 g/mol. The van der Waals surface area contributed by atoms with Crippen LogP contribution in [0.15, 0.2) is 14.1 Å². The molecule has 1 fully saturated rings. The highest BCUT2D eigenvalue weighted by atomic mass is 79.9. The summed E-state index contributed by atoms with van der Waals surface area (Å²) in [5.41, 5.74) is 0.957. The van der Waals surface area contributed by atoms with Crippen LogP contribution in [-0.4, -0.2) is 27.5 Å². The Morgan fingerprint density at radius 2 is 2.21 bits per heavy atom. The lowest BCUT2D eigenvalue weighted by Gasteiger charge is -2.29. The molecule has 0 aliphatic carbocycles. The van der Waals surface area contributed by atoms with E-state index in [9.17, 15) is 8.42 Å². The van der Waals surface area contributed by atoms with Gasteiger partial charge in [-0.25, -0.2) is 13.1 Å². The lowest BCUT2D eigenvalue weighted by atomic mass is 9.97. The normalized spacial score (nSPS) is 23.9. The van der Waals surface area contributed by atoms with Gasteiger partial charge in [-0.05, 0) is 59.9 Å². The van der Waals surface area contributed by atoms with E-state index in [0.29, 0.717) is 10.1 Å². The molecule has 2 unspecified atom stereocenters. The Labute approximate surface area is 133 Å². The third-order valence-electron chi connectivity index (χ3n) is 3.19. The largest absolute Gasteiger partial charge is 0.316 e. The fraction of sp³-hybridized carbons (Fsp3) is 0.636. The maximum atomic E-state index is 12.3. The number of sulfonamides is 1. The van der Waals surface area contributed by atoms with Crippen LogP contribution in [0.2, 0.25) is 0 Å². The lowest BCUT2D eigenvalue weighted by Crippen LogP contribution is -2.48. The summed E-state index contributed by atoms with van der Waals surface area (Å²) in [5.74, 6) is 0.318. The molecular weight excluding hydrogens is 372 g/mol. The van der Waals surface area contributed by atoms with E-state index in [1.165, 1.54) is 11.3 Å². The van der Waals surface area contributed by atoms with Crippen molar-refractivity contribution in [3.63, 3.8) is 0 Å². The van der Waals surface area contributed by atoms with Gasteiger partial charge in [0.1, 0.15) is 4.21 Å². The molecular formula is C11H18BrClN2O2S2. The maximum Gasteiger partial charge on any atom is 0.250 e. The van der Waals surface area contributed by atoms with Crippen LogP contribution in [0.4, 0.5) is 0 Å². The fourth-order valence-electron chi connectivity index (χ4n) is 2.01. The van der Waals surface area contributed by atoms with Crippen molar-refractivity contribution in [1.82, 2.24) is 10.0 Å². The van der Waals surface area contributed by atoms with Crippen LogP contribution in [0.25, 0.3) is 0 Å². The molecule has 8 heteroatoms. The summed E-state index contributed by atoms with van der Waals surface area (Å²) in [4.78, 5) is 0. The molecule has 0 spiro atoms. The van der Waals surface area contributed by atoms with Crippen LogP contribution in [0.1, 0.15) is 18.9 Å². The lowest BCUT2D eigenvalue weighted by molar-refractivity contribution is 0.328. The molecule has 2 atom stereocenters. The van der Waals surface area contributed by atoms with E-state index < -0.39 is 10.0 Å². The molecule has 0 amide bonds. The average molecular weight is 390 g/mol. The minimum absolute atomic E-state index is 0. The Morgan fingerprint density at radius 1 is 1.53 bits per heavy atom. The number of thiophene rings is 1. The number of piperidine rings is 1. The second-order valence-corrected chi connectivity index (χ2v) is 9.03. The van der Waals surface area contributed by atoms with E-state index >= 15 is 0 Å². The minimum atomic E-state index is -3.38. The number of halogens is 2. The van der Waals surface area contributed by atoms with E-state index in [4.69, 9.17) is 0 Å². The number of rotatable bonds is 3. The van der Waals surface area contributed by atoms with Crippen molar-refractivity contribution in [3.8, 4) is 0 Å². The maximum absolute atomic E-state index is 12.3. The fourth-order valence-corrected chi connectivity index (χ4v) is 5.63. The van der Waals surface area contributed by atoms with Gasteiger partial charge in [-0.1, -0.05) is 6.92 Å². The Kier molecular flexibility index (Phi) is 6.28. The van der Waals surface area contributed by atoms with Crippen molar-refractivity contribution >= 4 is 49.7 Å². The van der Waals surface area contributed by atoms with Crippen LogP contribution in [0, 0.1) is 12.8 Å². The molecule has 2 heterocycles. The number of hydrogen-bond acceptors (Lipinski definition) is 4. The van der Waals surface area contributed by atoms with Gasteiger partial charge in [-0.15, -0.1) is 23.7 Å². The third kappa shape index (κ3) is 4.15. The molecule has 1 aromatic heterocycles. The second kappa shape index (κ2) is 6.87. The Balaban J connectivity index is 0.00000180. The molecule has 2 N–H and O–H groups in total. The van der Waals surface area contributed by atoms with Gasteiger partial charge in [-0.3, -0.25) is 0 Å². The molecule has 1 aliphatic heterocycles. The van der Waals surface area contributed by atoms with Crippen LogP contribution in [0.5, 0.6) is 0 Å². The predicted octanol–water partition coefficient (Wildman–Crippen LogP) is 2.52. The summed E-state index contributed by atoms with van der Waals surface area (Å²) in [5, 5.41) is 3.26. The zero-order valence-corrected chi connectivity index (χ0v) is 14.8. The molecule has 0 radical (unpaired) electrons. The van der Waals surface area contributed by atoms with Crippen molar-refractivity contribution in [2.24, 2.45) is 5.92 Å². The van der Waals surface area contributed by atoms with Gasteiger partial charge in [0.05, 0.1) is 3.79 Å². The van der Waals surface area contributed by atoms with Crippen molar-refractivity contribution in [3.05, 3.63) is 15.4 Å². The van der Waals surface area contributed by atoms with Crippen LogP contribution in [0.3, 0.4) is 0 Å². The van der Waals surface area contributed by atoms with Crippen molar-refractivity contribution in [2.75, 3.05) is 13.1 Å². The SMILES string of the molecule is Cc1cc(S(=O)(=O)NC2CCNCC2C)sc1Br.Cl. The van der Waals surface area contributed by atoms with Crippen molar-refractivity contribution in [2.45, 2.75) is 30.5 Å². The van der Waals surface area contributed by atoms with Crippen LogP contribution in [-0.2, 0) is 10.0 Å². The van der Waals surface area contributed by atoms with Gasteiger partial charge < -0.3 is 5.32 Å². The van der Waals surface area contributed by atoms with Crippen molar-refractivity contribution in [1.29, 1.82) is 0 Å². The smallest absolute Gasteiger partial charge is 0.250 e. The third-order valence-corrected chi connectivity index (χ3v) is 7.29. The highest BCUT2D eigenvalue weighted by molar-refractivity contribution is 9.11. The number of nitrogens with one attached hydrogen (secondary N) is 2. The molecule has 19 heavy (non-hydrogen) atoms. The summed E-state index contributed by atoms with van der Waals surface area (Å²) in [7, 11) is -3.38. The molecule has 110 valence electrons. The molecule has 0 saturated carbocycles. The summed E-state index contributed by atoms with van der Waals surface area (Å²) in [6.45, 7) is 5.69. The first-order chi connectivity index (χ1) is 8.40. The van der Waals surface area contributed by atoms with Crippen LogP contribution < -0.4 is 10.0 Å². The molecule has 1 aliphatic rings. The highest BCUT2D eigenvalue weighted by Crippen LogP contribution is 2.30. The van der Waals surface area contributed by atoms with Gasteiger partial charge in [-0.2, -0.15) is 0 Å². The summed E-state index contributed by atoms with van der Waals surface area (Å²) >= 11 is 4.62. The molecule has 2 rings (SSSR count). The molecule has 1 aromatic rings. The van der Waals surface area contributed by atoms with Gasteiger partial charge >= 0.3 is 0 Å². The minimum Gasteiger partial charge on any atom is -0.316 e. The first-order valence-corrected chi connectivity index (χ1v) is 8.98. The standard InChI is InChI=1S/C11H17BrN2O2S2.ClH/c1-7-5-10(17-11(7)12)18(15,16)14-9-3-4-13-6-8(9)2;/h5,8-9,13-14H,3-4,6H2,1-2H3;1H. The highest BCUT2D eigenvalue weighted by Gasteiger charge is 2.27. The van der Waals surface area contributed by atoms with Gasteiger partial charge in [0.25, 0.3) is 0 Å². The van der Waals surface area contributed by atoms with E-state index in [1.54, 1.807) is 6.07 Å². The molecule has 0 aromatic carbocycles. The Hall–Kier alpha value is 0.340. The van der Waals surface area contributed by atoms with Gasteiger partial charge in [0.2, 0.25) is 10.0 Å². The number of hydrogen-bond donors (Lipinski definition) is 2. The zero-order valence-electron chi connectivity index (χ0n) is 10.8. The predicted molar refractivity (Wildman–Crippen MR) is 84.8 cm³/mol. The first-order valence-electron chi connectivity index (χ1n) is 5.89. The van der Waals surface area contributed by atoms with Gasteiger partial charge in [0, 0.05) is 6.04 Å². The Morgan fingerprint density at radius 3 is 2.74 bits per heavy atom. The van der Waals surface area contributed by atoms with Crippen molar-refractivity contribution < 1.29 is 8.42 Å². The summed E-state index contributed by atoms with van der Waals surface area (Å²) < 4.78 is 28.6. The topological polar surface area (TPSA) is 58.2 Å². The van der Waals surface area contributed by atoms with E-state index in [2.05, 4.69) is 32.9 Å². The van der Waals surface area contributed by atoms with E-state index in [1.807, 2.05) is 6.92 Å². The molecule has 1 saturated heterocycles. The quantitative estimate of drug-likeness (QED) is 0.835. The van der Waals surface area contributed by atoms with Crippen LogP contribution >= 0.6 is 39.7 Å². The molecule has 4 nitrogen and oxygen atoms in total. The summed E-state index contributed by atoms with van der Waals surface area (Å²) in [6, 6.07) is 1.74. The molecule has 0 bridgehead atoms. The summed E-state index contributed by atoms with van der Waals surface area (Å²) in [6.07, 6.45) is 0.839. The Bertz CT molecular complexity index is 513. The van der Waals surface area contributed by atoms with E-state index in [-0.39, 0.29) is 18.4 Å². The zero-order chi connectivity index (χ0) is 13.3. The van der Waals surface area contributed by atoms with E-state index in [0.717, 1.165) is 28.9 Å². The number of aryl methyl sites for hydroxylation is 1.